The summed E-state index contributed by atoms with van der Waals surface area (Å²) < 4.78 is 20.4. The molecule has 0 aromatic heterocycles. The van der Waals surface area contributed by atoms with Crippen LogP contribution in [0, 0.1) is 11.7 Å². The Kier molecular flexibility index (Phi) is 6.77. The van der Waals surface area contributed by atoms with Gasteiger partial charge in [0.1, 0.15) is 17.3 Å². The molecule has 0 spiro atoms. The molecule has 174 valence electrons. The van der Waals surface area contributed by atoms with Gasteiger partial charge in [-0.1, -0.05) is 68.4 Å². The van der Waals surface area contributed by atoms with Crippen LogP contribution >= 0.6 is 0 Å². The maximum absolute atomic E-state index is 14.6. The van der Waals surface area contributed by atoms with E-state index in [1.807, 2.05) is 30.3 Å². The van der Waals surface area contributed by atoms with Crippen molar-refractivity contribution in [2.75, 3.05) is 18.6 Å². The molecule has 3 aromatic rings. The monoisotopic (exact) mass is 458 g/mol. The highest BCUT2D eigenvalue weighted by atomic mass is 19.1. The maximum atomic E-state index is 14.6. The first-order valence-corrected chi connectivity index (χ1v) is 11.2. The van der Waals surface area contributed by atoms with E-state index in [0.29, 0.717) is 30.4 Å². The number of amides is 2. The van der Waals surface area contributed by atoms with Gasteiger partial charge in [-0.25, -0.2) is 9.29 Å². The molecule has 0 atom stereocenters. The van der Waals surface area contributed by atoms with Gasteiger partial charge in [0.05, 0.1) is 17.9 Å². The number of carbonyl (C=O) groups is 2. The van der Waals surface area contributed by atoms with Crippen LogP contribution in [0.3, 0.4) is 0 Å². The largest absolute Gasteiger partial charge is 0.493 e. The third-order valence-corrected chi connectivity index (χ3v) is 5.52. The molecule has 0 unspecified atom stereocenters. The maximum Gasteiger partial charge on any atom is 0.282 e. The molecule has 5 nitrogen and oxygen atoms in total. The van der Waals surface area contributed by atoms with Crippen molar-refractivity contribution in [2.24, 2.45) is 5.92 Å². The van der Waals surface area contributed by atoms with E-state index >= 15 is 0 Å². The van der Waals surface area contributed by atoms with Gasteiger partial charge < -0.3 is 9.64 Å². The lowest BCUT2D eigenvalue weighted by molar-refractivity contribution is -0.120. The summed E-state index contributed by atoms with van der Waals surface area (Å²) in [4.78, 5) is 29.8. The SMILES string of the molecule is CC(C)COc1ccc(C2=C(N(C)Cc3ccccc3)C(=O)N(c3ccccc3F)C2=O)cc1. The molecule has 1 heterocycles. The standard InChI is InChI=1S/C28H27FN2O3/c1-19(2)18-34-22-15-13-21(14-16-22)25-26(30(3)17-20-9-5-4-6-10-20)28(33)31(27(25)32)24-12-8-7-11-23(24)29/h4-16,19H,17-18H2,1-3H3. The van der Waals surface area contributed by atoms with Crippen molar-refractivity contribution in [3.05, 3.63) is 102 Å². The molecule has 0 radical (unpaired) electrons. The van der Waals surface area contributed by atoms with Crippen LogP contribution in [-0.2, 0) is 16.1 Å². The Morgan fingerprint density at radius 2 is 1.53 bits per heavy atom. The number of anilines is 1. The third kappa shape index (κ3) is 4.71. The van der Waals surface area contributed by atoms with Gasteiger partial charge >= 0.3 is 0 Å². The van der Waals surface area contributed by atoms with Crippen LogP contribution in [0.1, 0.15) is 25.0 Å². The molecule has 0 saturated carbocycles. The van der Waals surface area contributed by atoms with Crippen LogP contribution in [0.5, 0.6) is 5.75 Å². The molecule has 0 fully saturated rings. The van der Waals surface area contributed by atoms with E-state index in [2.05, 4.69) is 13.8 Å². The smallest absolute Gasteiger partial charge is 0.282 e. The highest BCUT2D eigenvalue weighted by Crippen LogP contribution is 2.36. The number of para-hydroxylation sites is 1. The molecule has 6 heteroatoms. The number of rotatable bonds is 8. The highest BCUT2D eigenvalue weighted by molar-refractivity contribution is 6.45. The molecule has 0 N–H and O–H groups in total. The lowest BCUT2D eigenvalue weighted by atomic mass is 10.0. The average Bonchev–Trinajstić information content (AvgIpc) is 3.09. The van der Waals surface area contributed by atoms with Crippen LogP contribution < -0.4 is 9.64 Å². The van der Waals surface area contributed by atoms with Crippen molar-refractivity contribution in [3.8, 4) is 5.75 Å². The number of likely N-dealkylation sites (N-methyl/N-ethyl adjacent to an activating group) is 1. The van der Waals surface area contributed by atoms with E-state index in [9.17, 15) is 14.0 Å². The van der Waals surface area contributed by atoms with Crippen molar-refractivity contribution in [1.82, 2.24) is 4.90 Å². The number of nitrogens with zero attached hydrogens (tertiary/aromatic N) is 2. The summed E-state index contributed by atoms with van der Waals surface area (Å²) in [6.45, 7) is 5.12. The van der Waals surface area contributed by atoms with Crippen molar-refractivity contribution in [3.63, 3.8) is 0 Å². The Hall–Kier alpha value is -3.93. The van der Waals surface area contributed by atoms with Crippen molar-refractivity contribution < 1.29 is 18.7 Å². The average molecular weight is 459 g/mol. The number of hydrogen-bond donors (Lipinski definition) is 0. The van der Waals surface area contributed by atoms with Crippen LogP contribution in [-0.4, -0.2) is 30.4 Å². The minimum Gasteiger partial charge on any atom is -0.493 e. The lowest BCUT2D eigenvalue weighted by Crippen LogP contribution is -2.34. The molecule has 3 aromatic carbocycles. The summed E-state index contributed by atoms with van der Waals surface area (Å²) in [6, 6.07) is 22.5. The molecular weight excluding hydrogens is 431 g/mol. The minimum atomic E-state index is -0.632. The number of ether oxygens (including phenoxy) is 1. The number of imide groups is 1. The van der Waals surface area contributed by atoms with Gasteiger partial charge in [-0.2, -0.15) is 0 Å². The molecular formula is C28H27FN2O3. The zero-order valence-corrected chi connectivity index (χ0v) is 19.5. The zero-order valence-electron chi connectivity index (χ0n) is 19.5. The summed E-state index contributed by atoms with van der Waals surface area (Å²) in [6.07, 6.45) is 0. The van der Waals surface area contributed by atoms with Gasteiger partial charge in [0, 0.05) is 13.6 Å². The fourth-order valence-corrected chi connectivity index (χ4v) is 3.90. The Bertz CT molecular complexity index is 1220. The Balaban J connectivity index is 1.74. The van der Waals surface area contributed by atoms with Crippen molar-refractivity contribution in [1.29, 1.82) is 0 Å². The molecule has 4 rings (SSSR count). The second kappa shape index (κ2) is 9.91. The first-order valence-electron chi connectivity index (χ1n) is 11.2. The van der Waals surface area contributed by atoms with Crippen LogP contribution in [0.25, 0.3) is 5.57 Å². The molecule has 1 aliphatic heterocycles. The molecule has 0 saturated heterocycles. The normalized spacial score (nSPS) is 13.7. The Morgan fingerprint density at radius 1 is 0.882 bits per heavy atom. The predicted octanol–water partition coefficient (Wildman–Crippen LogP) is 5.28. The van der Waals surface area contributed by atoms with Crippen LogP contribution in [0.15, 0.2) is 84.6 Å². The third-order valence-electron chi connectivity index (χ3n) is 5.52. The number of halogens is 1. The quantitative estimate of drug-likeness (QED) is 0.431. The number of benzene rings is 3. The van der Waals surface area contributed by atoms with Crippen LogP contribution in [0.4, 0.5) is 10.1 Å². The zero-order chi connectivity index (χ0) is 24.2. The summed E-state index contributed by atoms with van der Waals surface area (Å²) in [7, 11) is 1.76. The van der Waals surface area contributed by atoms with E-state index in [-0.39, 0.29) is 17.0 Å². The van der Waals surface area contributed by atoms with E-state index in [1.54, 1.807) is 42.3 Å². The van der Waals surface area contributed by atoms with Gasteiger partial charge in [-0.15, -0.1) is 0 Å². The molecule has 0 bridgehead atoms. The second-order valence-electron chi connectivity index (χ2n) is 8.69. The Morgan fingerprint density at radius 3 is 2.18 bits per heavy atom. The van der Waals surface area contributed by atoms with E-state index in [1.165, 1.54) is 18.2 Å². The summed E-state index contributed by atoms with van der Waals surface area (Å²) in [5, 5.41) is 0. The highest BCUT2D eigenvalue weighted by Gasteiger charge is 2.42. The second-order valence-corrected chi connectivity index (χ2v) is 8.69. The Labute approximate surface area is 199 Å². The fraction of sp³-hybridized carbons (Fsp3) is 0.214. The van der Waals surface area contributed by atoms with E-state index in [0.717, 1.165) is 10.5 Å². The first-order chi connectivity index (χ1) is 16.4. The van der Waals surface area contributed by atoms with Gasteiger partial charge in [0.15, 0.2) is 0 Å². The molecule has 0 aliphatic carbocycles. The summed E-state index contributed by atoms with van der Waals surface area (Å²) in [5.41, 5.74) is 1.97. The van der Waals surface area contributed by atoms with E-state index < -0.39 is 17.6 Å². The predicted molar refractivity (Wildman–Crippen MR) is 130 cm³/mol. The van der Waals surface area contributed by atoms with Crippen molar-refractivity contribution in [2.45, 2.75) is 20.4 Å². The van der Waals surface area contributed by atoms with Crippen LogP contribution in [0.2, 0.25) is 0 Å². The summed E-state index contributed by atoms with van der Waals surface area (Å²) in [5.74, 6) is -0.679. The fourth-order valence-electron chi connectivity index (χ4n) is 3.90. The molecule has 1 aliphatic rings. The van der Waals surface area contributed by atoms with Gasteiger partial charge in [-0.05, 0) is 41.3 Å². The summed E-state index contributed by atoms with van der Waals surface area (Å²) >= 11 is 0. The molecule has 2 amide bonds. The topological polar surface area (TPSA) is 49.9 Å². The van der Waals surface area contributed by atoms with Crippen molar-refractivity contribution >= 4 is 23.1 Å². The van der Waals surface area contributed by atoms with E-state index in [4.69, 9.17) is 4.74 Å². The minimum absolute atomic E-state index is 0.0602. The number of hydrogen-bond acceptors (Lipinski definition) is 4. The van der Waals surface area contributed by atoms with Gasteiger partial charge in [0.25, 0.3) is 11.8 Å². The molecule has 34 heavy (non-hydrogen) atoms. The van der Waals surface area contributed by atoms with Gasteiger partial charge in [0.2, 0.25) is 0 Å². The number of carbonyl (C=O) groups excluding carboxylic acids is 2. The van der Waals surface area contributed by atoms with Gasteiger partial charge in [-0.3, -0.25) is 9.59 Å². The lowest BCUT2D eigenvalue weighted by Gasteiger charge is -2.22. The first kappa shape index (κ1) is 23.2.